The van der Waals surface area contributed by atoms with Gasteiger partial charge in [-0.2, -0.15) is 0 Å². The van der Waals surface area contributed by atoms with Crippen molar-refractivity contribution in [1.29, 1.82) is 0 Å². The minimum Gasteiger partial charge on any atom is -0.258 e. The van der Waals surface area contributed by atoms with Gasteiger partial charge in [-0.1, -0.05) is 12.1 Å². The molecule has 0 fully saturated rings. The summed E-state index contributed by atoms with van der Waals surface area (Å²) in [7, 11) is 0. The lowest BCUT2D eigenvalue weighted by Crippen LogP contribution is -1.92. The third-order valence-electron chi connectivity index (χ3n) is 2.54. The van der Waals surface area contributed by atoms with Crippen molar-refractivity contribution < 1.29 is 13.7 Å². The van der Waals surface area contributed by atoms with E-state index in [0.29, 0.717) is 20.7 Å². The average molecular weight is 360 g/mol. The molecule has 7 heteroatoms. The Labute approximate surface area is 126 Å². The third-order valence-corrected chi connectivity index (χ3v) is 4.50. The molecule has 0 aromatic heterocycles. The van der Waals surface area contributed by atoms with Crippen molar-refractivity contribution in [3.63, 3.8) is 0 Å². The average Bonchev–Trinajstić information content (AvgIpc) is 2.41. The number of halogens is 3. The van der Waals surface area contributed by atoms with E-state index < -0.39 is 16.6 Å². The maximum Gasteiger partial charge on any atom is 0.283 e. The van der Waals surface area contributed by atoms with Crippen molar-refractivity contribution >= 4 is 33.4 Å². The molecule has 0 aliphatic carbocycles. The summed E-state index contributed by atoms with van der Waals surface area (Å²) >= 11 is 4.46. The molecular weight excluding hydrogens is 352 g/mol. The second-order valence-corrected chi connectivity index (χ2v) is 5.71. The number of nitro groups is 1. The van der Waals surface area contributed by atoms with E-state index in [1.54, 1.807) is 12.1 Å². The highest BCUT2D eigenvalue weighted by Gasteiger charge is 2.15. The lowest BCUT2D eigenvalue weighted by molar-refractivity contribution is -0.385. The molecule has 0 radical (unpaired) electrons. The summed E-state index contributed by atoms with van der Waals surface area (Å²) in [5, 5.41) is 10.8. The van der Waals surface area contributed by atoms with Crippen molar-refractivity contribution in [2.24, 2.45) is 0 Å². The van der Waals surface area contributed by atoms with Gasteiger partial charge in [0.1, 0.15) is 0 Å². The predicted molar refractivity (Wildman–Crippen MR) is 76.7 cm³/mol. The molecule has 3 nitrogen and oxygen atoms in total. The number of hydrogen-bond acceptors (Lipinski definition) is 3. The van der Waals surface area contributed by atoms with E-state index >= 15 is 0 Å². The van der Waals surface area contributed by atoms with Crippen LogP contribution in [0.5, 0.6) is 0 Å². The van der Waals surface area contributed by atoms with Crippen LogP contribution in [0.3, 0.4) is 0 Å². The number of nitrogens with zero attached hydrogens (tertiary/aromatic N) is 1. The Hall–Kier alpha value is -1.47. The zero-order chi connectivity index (χ0) is 14.7. The number of thioether (sulfide) groups is 1. The second kappa shape index (κ2) is 6.32. The third kappa shape index (κ3) is 3.34. The van der Waals surface area contributed by atoms with Gasteiger partial charge < -0.3 is 0 Å². The predicted octanol–water partition coefficient (Wildman–Crippen LogP) is 4.93. The molecule has 0 heterocycles. The minimum atomic E-state index is -0.909. The summed E-state index contributed by atoms with van der Waals surface area (Å²) in [6.45, 7) is 0. The van der Waals surface area contributed by atoms with Gasteiger partial charge >= 0.3 is 0 Å². The minimum absolute atomic E-state index is 0.0200. The van der Waals surface area contributed by atoms with Gasteiger partial charge in [0, 0.05) is 16.7 Å². The molecule has 20 heavy (non-hydrogen) atoms. The van der Waals surface area contributed by atoms with Gasteiger partial charge in [0.25, 0.3) is 5.69 Å². The van der Waals surface area contributed by atoms with E-state index in [1.165, 1.54) is 23.9 Å². The largest absolute Gasteiger partial charge is 0.283 e. The molecule has 0 unspecified atom stereocenters. The van der Waals surface area contributed by atoms with E-state index in [9.17, 15) is 18.9 Å². The number of hydrogen-bond donors (Lipinski definition) is 0. The molecule has 0 saturated carbocycles. The summed E-state index contributed by atoms with van der Waals surface area (Å²) in [6.07, 6.45) is 0. The van der Waals surface area contributed by atoms with E-state index in [1.807, 2.05) is 0 Å². The van der Waals surface area contributed by atoms with E-state index in [2.05, 4.69) is 15.9 Å². The van der Waals surface area contributed by atoms with Crippen molar-refractivity contribution in [1.82, 2.24) is 0 Å². The van der Waals surface area contributed by atoms with Crippen molar-refractivity contribution in [2.75, 3.05) is 0 Å². The van der Waals surface area contributed by atoms with Gasteiger partial charge in [-0.25, -0.2) is 8.78 Å². The number of benzene rings is 2. The molecule has 0 N–H and O–H groups in total. The molecule has 2 rings (SSSR count). The normalized spacial score (nSPS) is 10.6. The lowest BCUT2D eigenvalue weighted by atomic mass is 10.2. The quantitative estimate of drug-likeness (QED) is 0.441. The molecule has 0 amide bonds. The van der Waals surface area contributed by atoms with Crippen LogP contribution in [0.1, 0.15) is 5.56 Å². The number of rotatable bonds is 4. The maximum absolute atomic E-state index is 13.1. The van der Waals surface area contributed by atoms with Crippen LogP contribution >= 0.6 is 27.7 Å². The van der Waals surface area contributed by atoms with Crippen LogP contribution in [-0.2, 0) is 5.75 Å². The van der Waals surface area contributed by atoms with Crippen LogP contribution in [0.25, 0.3) is 0 Å². The van der Waals surface area contributed by atoms with Crippen LogP contribution in [0, 0.1) is 21.7 Å². The van der Waals surface area contributed by atoms with Gasteiger partial charge in [-0.3, -0.25) is 10.1 Å². The monoisotopic (exact) mass is 359 g/mol. The fourth-order valence-corrected chi connectivity index (χ4v) is 3.20. The molecule has 0 spiro atoms. The van der Waals surface area contributed by atoms with E-state index in [-0.39, 0.29) is 5.69 Å². The van der Waals surface area contributed by atoms with Crippen LogP contribution in [-0.4, -0.2) is 4.92 Å². The fraction of sp³-hybridized carbons (Fsp3) is 0.0769. The first-order valence-corrected chi connectivity index (χ1v) is 7.26. The molecule has 0 bridgehead atoms. The molecule has 0 aliphatic heterocycles. The van der Waals surface area contributed by atoms with Gasteiger partial charge in [0.05, 0.1) is 9.40 Å². The second-order valence-electron chi connectivity index (χ2n) is 3.87. The zero-order valence-electron chi connectivity index (χ0n) is 9.98. The highest BCUT2D eigenvalue weighted by molar-refractivity contribution is 9.10. The standard InChI is InChI=1S/C13H8BrF2NO2S/c14-13-8(2-1-3-12(13)17(18)19)7-20-9-4-5-10(15)11(16)6-9/h1-6H,7H2. The Balaban J connectivity index is 2.17. The fourth-order valence-electron chi connectivity index (χ4n) is 1.55. The topological polar surface area (TPSA) is 43.1 Å². The Morgan fingerprint density at radius 3 is 2.60 bits per heavy atom. The van der Waals surface area contributed by atoms with Crippen molar-refractivity contribution in [3.8, 4) is 0 Å². The SMILES string of the molecule is O=[N+]([O-])c1cccc(CSc2ccc(F)c(F)c2)c1Br. The van der Waals surface area contributed by atoms with E-state index in [4.69, 9.17) is 0 Å². The summed E-state index contributed by atoms with van der Waals surface area (Å²) < 4.78 is 26.3. The Morgan fingerprint density at radius 1 is 1.20 bits per heavy atom. The first-order valence-electron chi connectivity index (χ1n) is 5.48. The Bertz CT molecular complexity index is 667. The Morgan fingerprint density at radius 2 is 1.95 bits per heavy atom. The highest BCUT2D eigenvalue weighted by Crippen LogP contribution is 2.33. The summed E-state index contributed by atoms with van der Waals surface area (Å²) in [5.74, 6) is -1.40. The first-order chi connectivity index (χ1) is 9.49. The molecular formula is C13H8BrF2NO2S. The van der Waals surface area contributed by atoms with Gasteiger partial charge in [0.15, 0.2) is 11.6 Å². The molecule has 104 valence electrons. The summed E-state index contributed by atoms with van der Waals surface area (Å²) in [6, 6.07) is 8.35. The Kier molecular flexibility index (Phi) is 4.72. The molecule has 0 saturated heterocycles. The van der Waals surface area contributed by atoms with Crippen molar-refractivity contribution in [2.45, 2.75) is 10.6 Å². The summed E-state index contributed by atoms with van der Waals surface area (Å²) in [4.78, 5) is 10.9. The lowest BCUT2D eigenvalue weighted by Gasteiger charge is -2.05. The van der Waals surface area contributed by atoms with Crippen LogP contribution in [0.2, 0.25) is 0 Å². The first kappa shape index (κ1) is 14.9. The van der Waals surface area contributed by atoms with Crippen molar-refractivity contribution in [3.05, 3.63) is 68.2 Å². The molecule has 0 atom stereocenters. The molecule has 2 aromatic rings. The smallest absolute Gasteiger partial charge is 0.258 e. The van der Waals surface area contributed by atoms with Crippen LogP contribution in [0.4, 0.5) is 14.5 Å². The van der Waals surface area contributed by atoms with Crippen LogP contribution < -0.4 is 0 Å². The highest BCUT2D eigenvalue weighted by atomic mass is 79.9. The van der Waals surface area contributed by atoms with Crippen LogP contribution in [0.15, 0.2) is 45.8 Å². The zero-order valence-corrected chi connectivity index (χ0v) is 12.4. The van der Waals surface area contributed by atoms with Gasteiger partial charge in [-0.15, -0.1) is 11.8 Å². The maximum atomic E-state index is 13.1. The molecule has 0 aliphatic rings. The summed E-state index contributed by atoms with van der Waals surface area (Å²) in [5.41, 5.74) is 0.697. The van der Waals surface area contributed by atoms with E-state index in [0.717, 1.165) is 12.1 Å². The molecule has 2 aromatic carbocycles. The van der Waals surface area contributed by atoms with Gasteiger partial charge in [0.2, 0.25) is 0 Å². The van der Waals surface area contributed by atoms with Gasteiger partial charge in [-0.05, 0) is 39.7 Å². The number of nitro benzene ring substituents is 1.